The Morgan fingerprint density at radius 3 is 3.11 bits per heavy atom. The molecule has 3 rings (SSSR count). The Bertz CT molecular complexity index is 555. The van der Waals surface area contributed by atoms with Crippen molar-refractivity contribution in [2.24, 2.45) is 5.73 Å². The van der Waals surface area contributed by atoms with Crippen molar-refractivity contribution in [2.75, 3.05) is 13.1 Å². The highest BCUT2D eigenvalue weighted by molar-refractivity contribution is 7.18. The Hall–Kier alpha value is -0.680. The molecular formula is C14H20ClN3S. The Kier molecular flexibility index (Phi) is 4.79. The zero-order valence-corrected chi connectivity index (χ0v) is 12.8. The van der Waals surface area contributed by atoms with Crippen LogP contribution < -0.4 is 5.73 Å². The average molecular weight is 298 g/mol. The van der Waals surface area contributed by atoms with Gasteiger partial charge >= 0.3 is 0 Å². The minimum absolute atomic E-state index is 0. The standard InChI is InChI=1S/C14H19N3S.ClH/c1-10-16-13-5-4-11(7-14(13)18-10)9-17-6-2-3-12(17)8-15;/h4-5,7,12H,2-3,6,8-9,15H2,1H3;1H. The number of hydrogen-bond acceptors (Lipinski definition) is 4. The van der Waals surface area contributed by atoms with Gasteiger partial charge < -0.3 is 5.73 Å². The van der Waals surface area contributed by atoms with E-state index in [4.69, 9.17) is 5.73 Å². The third kappa shape index (κ3) is 3.08. The number of nitrogens with zero attached hydrogens (tertiary/aromatic N) is 2. The molecule has 3 nitrogen and oxygen atoms in total. The van der Waals surface area contributed by atoms with Gasteiger partial charge in [0.05, 0.1) is 15.2 Å². The molecule has 2 aromatic rings. The molecule has 1 aromatic heterocycles. The summed E-state index contributed by atoms with van der Waals surface area (Å²) in [7, 11) is 0. The molecule has 0 aliphatic carbocycles. The first kappa shape index (κ1) is 14.7. The zero-order chi connectivity index (χ0) is 12.5. The fraction of sp³-hybridized carbons (Fsp3) is 0.500. The van der Waals surface area contributed by atoms with E-state index >= 15 is 0 Å². The molecule has 0 amide bonds. The van der Waals surface area contributed by atoms with E-state index < -0.39 is 0 Å². The Labute approximate surface area is 124 Å². The number of likely N-dealkylation sites (tertiary alicyclic amines) is 1. The lowest BCUT2D eigenvalue weighted by Crippen LogP contribution is -2.34. The monoisotopic (exact) mass is 297 g/mol. The average Bonchev–Trinajstić information content (AvgIpc) is 2.93. The van der Waals surface area contributed by atoms with Crippen LogP contribution in [0.2, 0.25) is 0 Å². The fourth-order valence-electron chi connectivity index (χ4n) is 2.79. The van der Waals surface area contributed by atoms with Gasteiger partial charge in [-0.2, -0.15) is 0 Å². The summed E-state index contributed by atoms with van der Waals surface area (Å²) in [5.74, 6) is 0. The van der Waals surface area contributed by atoms with Crippen molar-refractivity contribution < 1.29 is 0 Å². The van der Waals surface area contributed by atoms with Crippen LogP contribution >= 0.6 is 23.7 Å². The first-order chi connectivity index (χ1) is 8.76. The van der Waals surface area contributed by atoms with E-state index in [0.29, 0.717) is 6.04 Å². The van der Waals surface area contributed by atoms with Gasteiger partial charge in [-0.15, -0.1) is 23.7 Å². The summed E-state index contributed by atoms with van der Waals surface area (Å²) in [4.78, 5) is 7.01. The van der Waals surface area contributed by atoms with Crippen molar-refractivity contribution in [3.63, 3.8) is 0 Å². The summed E-state index contributed by atoms with van der Waals surface area (Å²) in [5.41, 5.74) is 8.33. The van der Waals surface area contributed by atoms with Gasteiger partial charge in [0.15, 0.2) is 0 Å². The van der Waals surface area contributed by atoms with E-state index in [-0.39, 0.29) is 12.4 Å². The molecule has 19 heavy (non-hydrogen) atoms. The quantitative estimate of drug-likeness (QED) is 0.947. The van der Waals surface area contributed by atoms with Crippen LogP contribution in [0.4, 0.5) is 0 Å². The van der Waals surface area contributed by atoms with Crippen molar-refractivity contribution in [3.8, 4) is 0 Å². The van der Waals surface area contributed by atoms with Crippen LogP contribution in [-0.4, -0.2) is 29.0 Å². The van der Waals surface area contributed by atoms with Crippen LogP contribution in [0.15, 0.2) is 18.2 Å². The largest absolute Gasteiger partial charge is 0.329 e. The molecule has 104 valence electrons. The number of nitrogens with two attached hydrogens (primary N) is 1. The molecule has 1 atom stereocenters. The zero-order valence-electron chi connectivity index (χ0n) is 11.1. The number of benzene rings is 1. The maximum absolute atomic E-state index is 5.82. The number of rotatable bonds is 3. The summed E-state index contributed by atoms with van der Waals surface area (Å²) >= 11 is 1.78. The minimum Gasteiger partial charge on any atom is -0.329 e. The van der Waals surface area contributed by atoms with Gasteiger partial charge in [0.25, 0.3) is 0 Å². The third-order valence-corrected chi connectivity index (χ3v) is 4.65. The lowest BCUT2D eigenvalue weighted by atomic mass is 10.2. The maximum atomic E-state index is 5.82. The second-order valence-corrected chi connectivity index (χ2v) is 6.27. The summed E-state index contributed by atoms with van der Waals surface area (Å²) in [5, 5.41) is 1.14. The molecule has 1 fully saturated rings. The van der Waals surface area contributed by atoms with Gasteiger partial charge in [-0.3, -0.25) is 4.90 Å². The van der Waals surface area contributed by atoms with E-state index in [0.717, 1.165) is 23.6 Å². The smallest absolute Gasteiger partial charge is 0.0907 e. The van der Waals surface area contributed by atoms with Gasteiger partial charge in [0, 0.05) is 19.1 Å². The summed E-state index contributed by atoms with van der Waals surface area (Å²) < 4.78 is 1.30. The lowest BCUT2D eigenvalue weighted by Gasteiger charge is -2.23. The van der Waals surface area contributed by atoms with Gasteiger partial charge in [0.2, 0.25) is 0 Å². The molecule has 0 radical (unpaired) electrons. The van der Waals surface area contributed by atoms with E-state index in [2.05, 4.69) is 35.0 Å². The van der Waals surface area contributed by atoms with E-state index in [9.17, 15) is 0 Å². The van der Waals surface area contributed by atoms with Crippen molar-refractivity contribution in [1.29, 1.82) is 0 Å². The number of hydrogen-bond donors (Lipinski definition) is 1. The molecule has 1 aromatic carbocycles. The Morgan fingerprint density at radius 1 is 1.47 bits per heavy atom. The molecule has 0 spiro atoms. The predicted octanol–water partition coefficient (Wildman–Crippen LogP) is 2.95. The topological polar surface area (TPSA) is 42.2 Å². The van der Waals surface area contributed by atoms with Gasteiger partial charge in [-0.05, 0) is 44.0 Å². The molecule has 1 aliphatic rings. The highest BCUT2D eigenvalue weighted by atomic mass is 35.5. The number of aryl methyl sites for hydroxylation is 1. The van der Waals surface area contributed by atoms with Gasteiger partial charge in [-0.25, -0.2) is 4.98 Å². The number of aromatic nitrogens is 1. The van der Waals surface area contributed by atoms with E-state index in [1.54, 1.807) is 11.3 Å². The first-order valence-corrected chi connectivity index (χ1v) is 7.38. The van der Waals surface area contributed by atoms with Crippen molar-refractivity contribution in [3.05, 3.63) is 28.8 Å². The molecule has 2 heterocycles. The predicted molar refractivity (Wildman–Crippen MR) is 84.1 cm³/mol. The van der Waals surface area contributed by atoms with Crippen molar-refractivity contribution >= 4 is 34.0 Å². The number of halogens is 1. The molecule has 1 saturated heterocycles. The van der Waals surface area contributed by atoms with Crippen LogP contribution in [0, 0.1) is 6.92 Å². The van der Waals surface area contributed by atoms with Crippen molar-refractivity contribution in [1.82, 2.24) is 9.88 Å². The van der Waals surface area contributed by atoms with Crippen LogP contribution in [0.5, 0.6) is 0 Å². The maximum Gasteiger partial charge on any atom is 0.0907 e. The molecule has 0 saturated carbocycles. The van der Waals surface area contributed by atoms with E-state index in [1.165, 1.54) is 29.6 Å². The van der Waals surface area contributed by atoms with E-state index in [1.807, 2.05) is 0 Å². The molecule has 5 heteroatoms. The SMILES string of the molecule is Cc1nc2ccc(CN3CCCC3CN)cc2s1.Cl. The Balaban J connectivity index is 0.00000133. The Morgan fingerprint density at radius 2 is 2.32 bits per heavy atom. The van der Waals surface area contributed by atoms with Crippen LogP contribution in [0.1, 0.15) is 23.4 Å². The fourth-order valence-corrected chi connectivity index (χ4v) is 3.68. The first-order valence-electron chi connectivity index (χ1n) is 6.56. The molecule has 0 bridgehead atoms. The molecule has 1 aliphatic heterocycles. The number of thiazole rings is 1. The molecule has 1 unspecified atom stereocenters. The third-order valence-electron chi connectivity index (χ3n) is 3.72. The second-order valence-electron chi connectivity index (χ2n) is 5.04. The normalized spacial score (nSPS) is 19.8. The minimum atomic E-state index is 0. The highest BCUT2D eigenvalue weighted by Gasteiger charge is 2.22. The van der Waals surface area contributed by atoms with Crippen LogP contribution in [-0.2, 0) is 6.54 Å². The van der Waals surface area contributed by atoms with Crippen LogP contribution in [0.25, 0.3) is 10.2 Å². The van der Waals surface area contributed by atoms with Crippen LogP contribution in [0.3, 0.4) is 0 Å². The van der Waals surface area contributed by atoms with Crippen molar-refractivity contribution in [2.45, 2.75) is 32.4 Å². The lowest BCUT2D eigenvalue weighted by molar-refractivity contribution is 0.250. The van der Waals surface area contributed by atoms with Gasteiger partial charge in [0.1, 0.15) is 0 Å². The summed E-state index contributed by atoms with van der Waals surface area (Å²) in [6.45, 7) is 5.05. The molecule has 2 N–H and O–H groups in total. The summed E-state index contributed by atoms with van der Waals surface area (Å²) in [6, 6.07) is 7.20. The van der Waals surface area contributed by atoms with Gasteiger partial charge in [-0.1, -0.05) is 6.07 Å². The highest BCUT2D eigenvalue weighted by Crippen LogP contribution is 2.25. The summed E-state index contributed by atoms with van der Waals surface area (Å²) in [6.07, 6.45) is 2.53. The second kappa shape index (κ2) is 6.18. The molecular weight excluding hydrogens is 278 g/mol. The number of fused-ring (bicyclic) bond motifs is 1.